The number of hydrogen-bond donors (Lipinski definition) is 2. The van der Waals surface area contributed by atoms with Crippen molar-refractivity contribution in [3.05, 3.63) is 0 Å². The van der Waals surface area contributed by atoms with Gasteiger partial charge in [-0.25, -0.2) is 4.99 Å². The van der Waals surface area contributed by atoms with Crippen LogP contribution in [0.15, 0.2) is 4.99 Å². The first-order valence-corrected chi connectivity index (χ1v) is 9.30. The summed E-state index contributed by atoms with van der Waals surface area (Å²) in [5.41, 5.74) is 0. The maximum atomic E-state index is 11.6. The Hall–Kier alpha value is -0.950. The number of amides is 1. The Balaban J connectivity index is 4.12. The molecule has 0 saturated heterocycles. The van der Waals surface area contributed by atoms with Crippen molar-refractivity contribution in [2.24, 2.45) is 4.99 Å². The van der Waals surface area contributed by atoms with Crippen LogP contribution in [0.3, 0.4) is 0 Å². The number of ether oxygens (including phenoxy) is 1. The zero-order chi connectivity index (χ0) is 16.6. The van der Waals surface area contributed by atoms with Crippen molar-refractivity contribution in [2.75, 3.05) is 59.0 Å². The van der Waals surface area contributed by atoms with Crippen LogP contribution in [-0.4, -0.2) is 75.7 Å². The maximum Gasteiger partial charge on any atom is 0.243 e. The second-order valence-corrected chi connectivity index (χ2v) is 6.04. The van der Waals surface area contributed by atoms with E-state index in [9.17, 15) is 4.79 Å². The van der Waals surface area contributed by atoms with Crippen LogP contribution in [0.5, 0.6) is 0 Å². The number of likely N-dealkylation sites (N-methyl/N-ethyl adjacent to an activating group) is 1. The van der Waals surface area contributed by atoms with Crippen molar-refractivity contribution in [1.82, 2.24) is 15.5 Å². The molecule has 130 valence electrons. The number of aliphatic imine (C=N–C) groups is 1. The Morgan fingerprint density at radius 3 is 2.45 bits per heavy atom. The average Bonchev–Trinajstić information content (AvgIpc) is 2.50. The molecule has 7 heteroatoms. The largest absolute Gasteiger partial charge is 0.382 e. The second-order valence-electron chi connectivity index (χ2n) is 5.06. The number of nitrogens with zero attached hydrogens (tertiary/aromatic N) is 2. The highest BCUT2D eigenvalue weighted by molar-refractivity contribution is 7.98. The molecule has 0 aliphatic heterocycles. The summed E-state index contributed by atoms with van der Waals surface area (Å²) in [6.07, 6.45) is 5.32. The van der Waals surface area contributed by atoms with Gasteiger partial charge in [0.25, 0.3) is 0 Å². The molecule has 0 aromatic heterocycles. The van der Waals surface area contributed by atoms with Crippen LogP contribution in [0.25, 0.3) is 0 Å². The molecule has 0 saturated carbocycles. The standard InChI is InChI=1S/C15H32N4O2S/c1-5-21-11-8-10-17-15(16-9-6-7-12-22-4)18-13-14(20)19(2)3/h5-13H2,1-4H3,(H2,16,17,18). The number of carbonyl (C=O) groups is 1. The highest BCUT2D eigenvalue weighted by Gasteiger charge is 2.04. The lowest BCUT2D eigenvalue weighted by Gasteiger charge is -2.13. The van der Waals surface area contributed by atoms with E-state index in [0.29, 0.717) is 5.96 Å². The van der Waals surface area contributed by atoms with Gasteiger partial charge in [0.05, 0.1) is 0 Å². The van der Waals surface area contributed by atoms with Crippen molar-refractivity contribution >= 4 is 23.6 Å². The van der Waals surface area contributed by atoms with Crippen molar-refractivity contribution in [3.8, 4) is 0 Å². The molecule has 0 radical (unpaired) electrons. The Labute approximate surface area is 139 Å². The Morgan fingerprint density at radius 2 is 1.86 bits per heavy atom. The van der Waals surface area contributed by atoms with Crippen molar-refractivity contribution in [1.29, 1.82) is 0 Å². The summed E-state index contributed by atoms with van der Waals surface area (Å²) in [5, 5.41) is 6.53. The van der Waals surface area contributed by atoms with Crippen molar-refractivity contribution in [3.63, 3.8) is 0 Å². The molecule has 0 fully saturated rings. The summed E-state index contributed by atoms with van der Waals surface area (Å²) in [5.74, 6) is 1.88. The zero-order valence-corrected chi connectivity index (χ0v) is 15.3. The van der Waals surface area contributed by atoms with Crippen LogP contribution in [-0.2, 0) is 9.53 Å². The SMILES string of the molecule is CCOCCCNC(=NCC(=O)N(C)C)NCCCCSC. The Morgan fingerprint density at radius 1 is 1.18 bits per heavy atom. The quantitative estimate of drug-likeness (QED) is 0.319. The lowest BCUT2D eigenvalue weighted by Crippen LogP contribution is -2.39. The summed E-state index contributed by atoms with van der Waals surface area (Å²) in [4.78, 5) is 17.5. The molecule has 0 aliphatic rings. The molecule has 0 rings (SSSR count). The third-order valence-corrected chi connectivity index (χ3v) is 3.60. The van der Waals surface area contributed by atoms with Crippen LogP contribution >= 0.6 is 11.8 Å². The van der Waals surface area contributed by atoms with E-state index in [-0.39, 0.29) is 12.5 Å². The van der Waals surface area contributed by atoms with E-state index in [4.69, 9.17) is 4.74 Å². The van der Waals surface area contributed by atoms with Crippen molar-refractivity contribution < 1.29 is 9.53 Å². The van der Waals surface area contributed by atoms with E-state index in [2.05, 4.69) is 21.9 Å². The number of nitrogens with one attached hydrogen (secondary N) is 2. The fourth-order valence-electron chi connectivity index (χ4n) is 1.57. The monoisotopic (exact) mass is 332 g/mol. The van der Waals surface area contributed by atoms with Crippen LogP contribution in [0.2, 0.25) is 0 Å². The number of rotatable bonds is 12. The predicted molar refractivity (Wildman–Crippen MR) is 95.7 cm³/mol. The molecule has 0 aromatic carbocycles. The molecule has 0 bridgehead atoms. The third-order valence-electron chi connectivity index (χ3n) is 2.90. The van der Waals surface area contributed by atoms with Gasteiger partial charge in [-0.3, -0.25) is 4.79 Å². The first kappa shape index (κ1) is 21.0. The van der Waals surface area contributed by atoms with E-state index < -0.39 is 0 Å². The minimum absolute atomic E-state index is 0.00204. The Kier molecular flexibility index (Phi) is 14.3. The van der Waals surface area contributed by atoms with Gasteiger partial charge in [-0.2, -0.15) is 11.8 Å². The first-order chi connectivity index (χ1) is 10.6. The van der Waals surface area contributed by atoms with E-state index in [1.54, 1.807) is 19.0 Å². The molecular formula is C15H32N4O2S. The molecule has 1 amide bonds. The topological polar surface area (TPSA) is 66.0 Å². The highest BCUT2D eigenvalue weighted by atomic mass is 32.2. The van der Waals surface area contributed by atoms with Gasteiger partial charge < -0.3 is 20.3 Å². The van der Waals surface area contributed by atoms with Crippen LogP contribution < -0.4 is 10.6 Å². The molecule has 6 nitrogen and oxygen atoms in total. The molecule has 0 aliphatic carbocycles. The lowest BCUT2D eigenvalue weighted by molar-refractivity contribution is -0.127. The molecule has 0 aromatic rings. The maximum absolute atomic E-state index is 11.6. The zero-order valence-electron chi connectivity index (χ0n) is 14.5. The second kappa shape index (κ2) is 15.0. The third kappa shape index (κ3) is 12.8. The molecule has 22 heavy (non-hydrogen) atoms. The number of guanidine groups is 1. The number of hydrogen-bond acceptors (Lipinski definition) is 4. The normalized spacial score (nSPS) is 11.4. The number of carbonyl (C=O) groups excluding carboxylic acids is 1. The Bertz CT molecular complexity index is 296. The smallest absolute Gasteiger partial charge is 0.243 e. The van der Waals surface area contributed by atoms with Gasteiger partial charge in [0, 0.05) is 40.4 Å². The van der Waals surface area contributed by atoms with E-state index in [0.717, 1.165) is 39.1 Å². The minimum atomic E-state index is -0.00204. The molecule has 0 spiro atoms. The summed E-state index contributed by atoms with van der Waals surface area (Å²) < 4.78 is 5.31. The van der Waals surface area contributed by atoms with E-state index in [1.807, 2.05) is 18.7 Å². The molecular weight excluding hydrogens is 300 g/mol. The molecule has 2 N–H and O–H groups in total. The summed E-state index contributed by atoms with van der Waals surface area (Å²) in [6, 6.07) is 0. The summed E-state index contributed by atoms with van der Waals surface area (Å²) >= 11 is 1.86. The van der Waals surface area contributed by atoms with Crippen molar-refractivity contribution in [2.45, 2.75) is 26.2 Å². The van der Waals surface area contributed by atoms with Gasteiger partial charge in [0.2, 0.25) is 5.91 Å². The summed E-state index contributed by atoms with van der Waals surface area (Å²) in [7, 11) is 3.48. The summed E-state index contributed by atoms with van der Waals surface area (Å²) in [6.45, 7) is 5.29. The fraction of sp³-hybridized carbons (Fsp3) is 0.867. The van der Waals surface area contributed by atoms with Gasteiger partial charge in [-0.1, -0.05) is 0 Å². The van der Waals surface area contributed by atoms with Gasteiger partial charge in [0.15, 0.2) is 5.96 Å². The van der Waals surface area contributed by atoms with Gasteiger partial charge in [0.1, 0.15) is 6.54 Å². The molecule has 0 atom stereocenters. The highest BCUT2D eigenvalue weighted by Crippen LogP contribution is 1.97. The van der Waals surface area contributed by atoms with Crippen LogP contribution in [0.4, 0.5) is 0 Å². The first-order valence-electron chi connectivity index (χ1n) is 7.90. The molecule has 0 unspecified atom stereocenters. The minimum Gasteiger partial charge on any atom is -0.382 e. The van der Waals surface area contributed by atoms with Gasteiger partial charge in [-0.05, 0) is 38.2 Å². The van der Waals surface area contributed by atoms with E-state index in [1.165, 1.54) is 12.2 Å². The molecule has 0 heterocycles. The van der Waals surface area contributed by atoms with E-state index >= 15 is 0 Å². The number of thioether (sulfide) groups is 1. The predicted octanol–water partition coefficient (Wildman–Crippen LogP) is 1.18. The fourth-order valence-corrected chi connectivity index (χ4v) is 2.06. The van der Waals surface area contributed by atoms with Gasteiger partial charge in [-0.15, -0.1) is 0 Å². The van der Waals surface area contributed by atoms with Gasteiger partial charge >= 0.3 is 0 Å². The van der Waals surface area contributed by atoms with Crippen LogP contribution in [0.1, 0.15) is 26.2 Å². The lowest BCUT2D eigenvalue weighted by atomic mass is 10.3. The number of unbranched alkanes of at least 4 members (excludes halogenated alkanes) is 1. The van der Waals surface area contributed by atoms with Crippen LogP contribution in [0, 0.1) is 0 Å². The average molecular weight is 333 g/mol.